The second kappa shape index (κ2) is 6.42. The minimum atomic E-state index is -0.459. The average Bonchev–Trinajstić information content (AvgIpc) is 2.47. The van der Waals surface area contributed by atoms with E-state index in [0.717, 1.165) is 22.1 Å². The van der Waals surface area contributed by atoms with Gasteiger partial charge in [-0.2, -0.15) is 0 Å². The van der Waals surface area contributed by atoms with Gasteiger partial charge in [0.15, 0.2) is 0 Å². The molecular weight excluding hydrogens is 314 g/mol. The second-order valence-corrected chi connectivity index (χ2v) is 6.01. The molecular formula is C17H20BrNO. The molecule has 0 amide bonds. The van der Waals surface area contributed by atoms with E-state index in [1.165, 1.54) is 5.56 Å². The van der Waals surface area contributed by atoms with E-state index in [-0.39, 0.29) is 6.61 Å². The van der Waals surface area contributed by atoms with E-state index in [4.69, 9.17) is 0 Å². The first-order chi connectivity index (χ1) is 9.59. The number of aryl methyl sites for hydroxylation is 1. The molecule has 2 rings (SSSR count). The fourth-order valence-corrected chi connectivity index (χ4v) is 2.71. The van der Waals surface area contributed by atoms with Crippen molar-refractivity contribution in [3.05, 3.63) is 64.1 Å². The Morgan fingerprint density at radius 2 is 1.85 bits per heavy atom. The summed E-state index contributed by atoms with van der Waals surface area (Å²) in [7, 11) is 0. The summed E-state index contributed by atoms with van der Waals surface area (Å²) >= 11 is 3.50. The third kappa shape index (κ3) is 3.22. The molecule has 0 aliphatic heterocycles. The van der Waals surface area contributed by atoms with Crippen LogP contribution < -0.4 is 5.32 Å². The van der Waals surface area contributed by atoms with Gasteiger partial charge in [-0.25, -0.2) is 0 Å². The van der Waals surface area contributed by atoms with E-state index in [9.17, 15) is 5.11 Å². The lowest BCUT2D eigenvalue weighted by Crippen LogP contribution is -2.38. The highest BCUT2D eigenvalue weighted by molar-refractivity contribution is 9.10. The van der Waals surface area contributed by atoms with E-state index in [1.807, 2.05) is 30.3 Å². The van der Waals surface area contributed by atoms with Crippen LogP contribution in [0.15, 0.2) is 53.0 Å². The summed E-state index contributed by atoms with van der Waals surface area (Å²) in [5.41, 5.74) is 2.87. The van der Waals surface area contributed by atoms with E-state index in [2.05, 4.69) is 53.3 Å². The Morgan fingerprint density at radius 3 is 2.40 bits per heavy atom. The maximum Gasteiger partial charge on any atom is 0.0854 e. The first-order valence-corrected chi connectivity index (χ1v) is 7.61. The Labute approximate surface area is 129 Å². The van der Waals surface area contributed by atoms with Crippen LogP contribution in [0.4, 0.5) is 5.69 Å². The van der Waals surface area contributed by atoms with Crippen molar-refractivity contribution in [2.24, 2.45) is 0 Å². The highest BCUT2D eigenvalue weighted by Gasteiger charge is 2.29. The summed E-state index contributed by atoms with van der Waals surface area (Å²) in [6.07, 6.45) is 0.799. The number of halogens is 1. The van der Waals surface area contributed by atoms with Gasteiger partial charge in [0.25, 0.3) is 0 Å². The molecule has 0 saturated carbocycles. The molecule has 0 spiro atoms. The first kappa shape index (κ1) is 15.1. The molecule has 0 radical (unpaired) electrons. The summed E-state index contributed by atoms with van der Waals surface area (Å²) in [6, 6.07) is 16.3. The van der Waals surface area contributed by atoms with Crippen LogP contribution in [0.1, 0.15) is 24.5 Å². The SMILES string of the molecule is CCC(CO)(Nc1ccc(C)cc1)c1cccc(Br)c1. The number of anilines is 1. The quantitative estimate of drug-likeness (QED) is 0.846. The Bertz CT molecular complexity index is 561. The molecule has 0 saturated heterocycles. The summed E-state index contributed by atoms with van der Waals surface area (Å²) in [4.78, 5) is 0. The lowest BCUT2D eigenvalue weighted by molar-refractivity contribution is 0.207. The van der Waals surface area contributed by atoms with Gasteiger partial charge >= 0.3 is 0 Å². The number of hydrogen-bond acceptors (Lipinski definition) is 2. The molecule has 0 aliphatic rings. The Balaban J connectivity index is 2.36. The monoisotopic (exact) mass is 333 g/mol. The molecule has 0 fully saturated rings. The summed E-state index contributed by atoms with van der Waals surface area (Å²) in [5, 5.41) is 13.5. The van der Waals surface area contributed by atoms with Gasteiger partial charge in [-0.3, -0.25) is 0 Å². The number of aliphatic hydroxyl groups is 1. The molecule has 2 N–H and O–H groups in total. The minimum Gasteiger partial charge on any atom is -0.394 e. The van der Waals surface area contributed by atoms with Crippen molar-refractivity contribution in [1.29, 1.82) is 0 Å². The van der Waals surface area contributed by atoms with E-state index in [0.29, 0.717) is 0 Å². The number of hydrogen-bond donors (Lipinski definition) is 2. The lowest BCUT2D eigenvalue weighted by atomic mass is 9.87. The van der Waals surface area contributed by atoms with Crippen molar-refractivity contribution in [2.75, 3.05) is 11.9 Å². The molecule has 3 heteroatoms. The zero-order valence-electron chi connectivity index (χ0n) is 11.9. The summed E-state index contributed by atoms with van der Waals surface area (Å²) in [6.45, 7) is 4.20. The zero-order valence-corrected chi connectivity index (χ0v) is 13.4. The van der Waals surface area contributed by atoms with Crippen molar-refractivity contribution in [1.82, 2.24) is 0 Å². The molecule has 2 nitrogen and oxygen atoms in total. The normalized spacial score (nSPS) is 13.8. The van der Waals surface area contributed by atoms with Crippen molar-refractivity contribution in [2.45, 2.75) is 25.8 Å². The molecule has 1 unspecified atom stereocenters. The van der Waals surface area contributed by atoms with Crippen LogP contribution in [-0.4, -0.2) is 11.7 Å². The first-order valence-electron chi connectivity index (χ1n) is 6.81. The molecule has 0 aromatic heterocycles. The Morgan fingerprint density at radius 1 is 1.15 bits per heavy atom. The van der Waals surface area contributed by atoms with Gasteiger partial charge in [-0.15, -0.1) is 0 Å². The third-order valence-corrected chi connectivity index (χ3v) is 4.18. The average molecular weight is 334 g/mol. The maximum absolute atomic E-state index is 9.96. The molecule has 2 aromatic carbocycles. The summed E-state index contributed by atoms with van der Waals surface area (Å²) < 4.78 is 1.02. The fraction of sp³-hybridized carbons (Fsp3) is 0.294. The van der Waals surface area contributed by atoms with Gasteiger partial charge < -0.3 is 10.4 Å². The van der Waals surface area contributed by atoms with Gasteiger partial charge in [0.05, 0.1) is 12.1 Å². The van der Waals surface area contributed by atoms with E-state index in [1.54, 1.807) is 0 Å². The van der Waals surface area contributed by atoms with Crippen molar-refractivity contribution in [3.63, 3.8) is 0 Å². The van der Waals surface area contributed by atoms with Crippen molar-refractivity contribution < 1.29 is 5.11 Å². The molecule has 1 atom stereocenters. The number of benzene rings is 2. The maximum atomic E-state index is 9.96. The topological polar surface area (TPSA) is 32.3 Å². The van der Waals surface area contributed by atoms with E-state index < -0.39 is 5.54 Å². The molecule has 20 heavy (non-hydrogen) atoms. The van der Waals surface area contributed by atoms with E-state index >= 15 is 0 Å². The van der Waals surface area contributed by atoms with Crippen LogP contribution in [0.3, 0.4) is 0 Å². The lowest BCUT2D eigenvalue weighted by Gasteiger charge is -2.34. The highest BCUT2D eigenvalue weighted by Crippen LogP contribution is 2.31. The van der Waals surface area contributed by atoms with Crippen LogP contribution in [0.2, 0.25) is 0 Å². The van der Waals surface area contributed by atoms with Gasteiger partial charge in [0, 0.05) is 10.2 Å². The Kier molecular flexibility index (Phi) is 4.84. The van der Waals surface area contributed by atoms with Gasteiger partial charge in [0.2, 0.25) is 0 Å². The molecule has 0 bridgehead atoms. The van der Waals surface area contributed by atoms with Crippen molar-refractivity contribution in [3.8, 4) is 0 Å². The highest BCUT2D eigenvalue weighted by atomic mass is 79.9. The number of nitrogens with one attached hydrogen (secondary N) is 1. The third-order valence-electron chi connectivity index (χ3n) is 3.69. The van der Waals surface area contributed by atoms with Gasteiger partial charge in [-0.1, -0.05) is 52.7 Å². The molecule has 2 aromatic rings. The van der Waals surface area contributed by atoms with Crippen LogP contribution in [0.5, 0.6) is 0 Å². The van der Waals surface area contributed by atoms with Gasteiger partial charge in [0.1, 0.15) is 0 Å². The molecule has 106 valence electrons. The molecule has 0 aliphatic carbocycles. The van der Waals surface area contributed by atoms with Crippen LogP contribution >= 0.6 is 15.9 Å². The smallest absolute Gasteiger partial charge is 0.0854 e. The largest absolute Gasteiger partial charge is 0.394 e. The van der Waals surface area contributed by atoms with Gasteiger partial charge in [-0.05, 0) is 43.2 Å². The minimum absolute atomic E-state index is 0.0494. The van der Waals surface area contributed by atoms with Crippen LogP contribution in [-0.2, 0) is 5.54 Å². The Hall–Kier alpha value is -1.32. The predicted octanol–water partition coefficient (Wildman–Crippen LogP) is 4.47. The van der Waals surface area contributed by atoms with Crippen LogP contribution in [0, 0.1) is 6.92 Å². The van der Waals surface area contributed by atoms with Crippen molar-refractivity contribution >= 4 is 21.6 Å². The molecule has 0 heterocycles. The number of aliphatic hydroxyl groups excluding tert-OH is 1. The summed E-state index contributed by atoms with van der Waals surface area (Å²) in [5.74, 6) is 0. The van der Waals surface area contributed by atoms with Crippen LogP contribution in [0.25, 0.3) is 0 Å². The fourth-order valence-electron chi connectivity index (χ4n) is 2.31. The predicted molar refractivity (Wildman–Crippen MR) is 88.0 cm³/mol. The standard InChI is InChI=1S/C17H20BrNO/c1-3-17(12-20,14-5-4-6-15(18)11-14)19-16-9-7-13(2)8-10-16/h4-11,19-20H,3,12H2,1-2H3. The zero-order chi connectivity index (χ0) is 14.6. The number of rotatable bonds is 5. The second-order valence-electron chi connectivity index (χ2n) is 5.10.